The molecule has 0 amide bonds. The van der Waals surface area contributed by atoms with Gasteiger partial charge in [0.25, 0.3) is 0 Å². The summed E-state index contributed by atoms with van der Waals surface area (Å²) in [6, 6.07) is 12.9. The zero-order valence-corrected chi connectivity index (χ0v) is 13.0. The topological polar surface area (TPSA) is 37.3 Å². The summed E-state index contributed by atoms with van der Waals surface area (Å²) in [5.41, 5.74) is 8.20. The molecule has 0 unspecified atom stereocenters. The third-order valence-electron chi connectivity index (χ3n) is 4.49. The first kappa shape index (κ1) is 14.6. The molecule has 0 radical (unpaired) electrons. The van der Waals surface area contributed by atoms with Gasteiger partial charge in [-0.3, -0.25) is 0 Å². The lowest BCUT2D eigenvalue weighted by Crippen LogP contribution is -2.04. The maximum Gasteiger partial charge on any atom is 0.328 e. The molecule has 0 bridgehead atoms. The fourth-order valence-corrected chi connectivity index (χ4v) is 3.10. The van der Waals surface area contributed by atoms with Gasteiger partial charge in [0.05, 0.1) is 0 Å². The SMILES string of the molecule is Cc1ccc(-c2ccc3c(c2)/C(=C/C(=O)O)CCC3)cc1C. The average molecular weight is 292 g/mol. The Labute approximate surface area is 131 Å². The zero-order valence-electron chi connectivity index (χ0n) is 13.0. The van der Waals surface area contributed by atoms with Crippen molar-refractivity contribution in [2.45, 2.75) is 33.1 Å². The summed E-state index contributed by atoms with van der Waals surface area (Å²) in [5, 5.41) is 9.07. The molecule has 0 saturated heterocycles. The first-order chi connectivity index (χ1) is 10.5. The number of aryl methyl sites for hydroxylation is 3. The Morgan fingerprint density at radius 1 is 1.00 bits per heavy atom. The Morgan fingerprint density at radius 2 is 1.73 bits per heavy atom. The molecule has 3 rings (SSSR count). The van der Waals surface area contributed by atoms with Gasteiger partial charge in [-0.05, 0) is 78.1 Å². The van der Waals surface area contributed by atoms with E-state index in [1.807, 2.05) is 0 Å². The molecule has 112 valence electrons. The van der Waals surface area contributed by atoms with E-state index in [0.29, 0.717) is 0 Å². The molecular formula is C20H20O2. The Hall–Kier alpha value is -2.35. The second-order valence-corrected chi connectivity index (χ2v) is 6.03. The van der Waals surface area contributed by atoms with E-state index >= 15 is 0 Å². The van der Waals surface area contributed by atoms with E-state index in [1.54, 1.807) is 0 Å². The molecule has 0 spiro atoms. The van der Waals surface area contributed by atoms with Crippen molar-refractivity contribution in [1.82, 2.24) is 0 Å². The van der Waals surface area contributed by atoms with Gasteiger partial charge in [-0.1, -0.05) is 30.3 Å². The van der Waals surface area contributed by atoms with Gasteiger partial charge in [0.15, 0.2) is 0 Å². The highest BCUT2D eigenvalue weighted by molar-refractivity contribution is 5.91. The number of hydrogen-bond donors (Lipinski definition) is 1. The summed E-state index contributed by atoms with van der Waals surface area (Å²) in [6.45, 7) is 4.23. The molecule has 0 saturated carbocycles. The Morgan fingerprint density at radius 3 is 2.45 bits per heavy atom. The molecule has 2 heteroatoms. The van der Waals surface area contributed by atoms with Gasteiger partial charge in [-0.15, -0.1) is 0 Å². The molecule has 1 N–H and O–H groups in total. The normalized spacial score (nSPS) is 15.6. The molecule has 1 aliphatic rings. The molecule has 2 aromatic carbocycles. The van der Waals surface area contributed by atoms with Gasteiger partial charge in [-0.25, -0.2) is 4.79 Å². The highest BCUT2D eigenvalue weighted by atomic mass is 16.4. The number of fused-ring (bicyclic) bond motifs is 1. The minimum atomic E-state index is -0.862. The highest BCUT2D eigenvalue weighted by Crippen LogP contribution is 2.34. The van der Waals surface area contributed by atoms with E-state index in [1.165, 1.54) is 28.3 Å². The largest absolute Gasteiger partial charge is 0.478 e. The van der Waals surface area contributed by atoms with Gasteiger partial charge in [-0.2, -0.15) is 0 Å². The Balaban J connectivity index is 2.09. The monoisotopic (exact) mass is 292 g/mol. The Kier molecular flexibility index (Phi) is 3.84. The Bertz CT molecular complexity index is 769. The number of allylic oxidation sites excluding steroid dienone is 1. The van der Waals surface area contributed by atoms with Gasteiger partial charge < -0.3 is 5.11 Å². The van der Waals surface area contributed by atoms with Crippen molar-refractivity contribution < 1.29 is 9.90 Å². The molecule has 1 aliphatic carbocycles. The molecule has 0 aliphatic heterocycles. The molecule has 2 nitrogen and oxygen atoms in total. The predicted molar refractivity (Wildman–Crippen MR) is 89.9 cm³/mol. The molecular weight excluding hydrogens is 272 g/mol. The van der Waals surface area contributed by atoms with Crippen molar-refractivity contribution in [2.24, 2.45) is 0 Å². The third kappa shape index (κ3) is 2.82. The van der Waals surface area contributed by atoms with Crippen LogP contribution in [0.1, 0.15) is 35.1 Å². The van der Waals surface area contributed by atoms with Crippen molar-refractivity contribution in [3.63, 3.8) is 0 Å². The van der Waals surface area contributed by atoms with Crippen LogP contribution in [0.25, 0.3) is 16.7 Å². The molecule has 0 heterocycles. The second kappa shape index (κ2) is 5.80. The van der Waals surface area contributed by atoms with Gasteiger partial charge in [0.2, 0.25) is 0 Å². The van der Waals surface area contributed by atoms with Crippen LogP contribution in [0.2, 0.25) is 0 Å². The number of hydrogen-bond acceptors (Lipinski definition) is 1. The lowest BCUT2D eigenvalue weighted by atomic mass is 9.85. The number of benzene rings is 2. The van der Waals surface area contributed by atoms with E-state index in [-0.39, 0.29) is 0 Å². The fourth-order valence-electron chi connectivity index (χ4n) is 3.10. The highest BCUT2D eigenvalue weighted by Gasteiger charge is 2.16. The summed E-state index contributed by atoms with van der Waals surface area (Å²) in [6.07, 6.45) is 4.26. The van der Waals surface area contributed by atoms with Crippen LogP contribution in [0.3, 0.4) is 0 Å². The van der Waals surface area contributed by atoms with Crippen molar-refractivity contribution in [3.05, 3.63) is 64.7 Å². The molecule has 2 aromatic rings. The third-order valence-corrected chi connectivity index (χ3v) is 4.49. The van der Waals surface area contributed by atoms with E-state index in [2.05, 4.69) is 50.2 Å². The predicted octanol–water partition coefficient (Wildman–Crippen LogP) is 4.77. The van der Waals surface area contributed by atoms with Crippen LogP contribution in [-0.4, -0.2) is 11.1 Å². The fraction of sp³-hybridized carbons (Fsp3) is 0.250. The van der Waals surface area contributed by atoms with Crippen molar-refractivity contribution in [1.29, 1.82) is 0 Å². The van der Waals surface area contributed by atoms with Crippen LogP contribution >= 0.6 is 0 Å². The number of carbonyl (C=O) groups is 1. The molecule has 22 heavy (non-hydrogen) atoms. The lowest BCUT2D eigenvalue weighted by molar-refractivity contribution is -0.131. The van der Waals surface area contributed by atoms with Crippen molar-refractivity contribution in [3.8, 4) is 11.1 Å². The van der Waals surface area contributed by atoms with Crippen LogP contribution in [0, 0.1) is 13.8 Å². The lowest BCUT2D eigenvalue weighted by Gasteiger charge is -2.20. The van der Waals surface area contributed by atoms with E-state index < -0.39 is 5.97 Å². The number of rotatable bonds is 2. The summed E-state index contributed by atoms with van der Waals surface area (Å²) in [7, 11) is 0. The van der Waals surface area contributed by atoms with Crippen LogP contribution in [-0.2, 0) is 11.2 Å². The van der Waals surface area contributed by atoms with E-state index in [0.717, 1.165) is 36.0 Å². The van der Waals surface area contributed by atoms with Crippen molar-refractivity contribution >= 4 is 11.5 Å². The summed E-state index contributed by atoms with van der Waals surface area (Å²) < 4.78 is 0. The quantitative estimate of drug-likeness (QED) is 0.809. The minimum absolute atomic E-state index is 0.843. The smallest absolute Gasteiger partial charge is 0.328 e. The van der Waals surface area contributed by atoms with Gasteiger partial charge in [0, 0.05) is 6.08 Å². The molecule has 0 atom stereocenters. The maximum absolute atomic E-state index is 11.0. The summed E-state index contributed by atoms with van der Waals surface area (Å²) in [5.74, 6) is -0.862. The number of aliphatic carboxylic acids is 1. The van der Waals surface area contributed by atoms with Crippen LogP contribution < -0.4 is 0 Å². The van der Waals surface area contributed by atoms with Crippen LogP contribution in [0.5, 0.6) is 0 Å². The van der Waals surface area contributed by atoms with E-state index in [4.69, 9.17) is 5.11 Å². The maximum atomic E-state index is 11.0. The van der Waals surface area contributed by atoms with Crippen LogP contribution in [0.4, 0.5) is 0 Å². The van der Waals surface area contributed by atoms with Crippen molar-refractivity contribution in [2.75, 3.05) is 0 Å². The number of carboxylic acid groups (broad SMARTS) is 1. The molecule has 0 aromatic heterocycles. The zero-order chi connectivity index (χ0) is 15.7. The van der Waals surface area contributed by atoms with Crippen LogP contribution in [0.15, 0.2) is 42.5 Å². The summed E-state index contributed by atoms with van der Waals surface area (Å²) >= 11 is 0. The second-order valence-electron chi connectivity index (χ2n) is 6.03. The van der Waals surface area contributed by atoms with Gasteiger partial charge >= 0.3 is 5.97 Å². The van der Waals surface area contributed by atoms with E-state index in [9.17, 15) is 4.79 Å². The first-order valence-corrected chi connectivity index (χ1v) is 7.69. The molecule has 0 fully saturated rings. The minimum Gasteiger partial charge on any atom is -0.478 e. The number of carboxylic acids is 1. The summed E-state index contributed by atoms with van der Waals surface area (Å²) in [4.78, 5) is 11.0. The van der Waals surface area contributed by atoms with Gasteiger partial charge in [0.1, 0.15) is 0 Å². The standard InChI is InChI=1S/C20H20O2/c1-13-6-7-16(10-14(13)2)17-9-8-15-4-3-5-18(12-20(21)22)19(15)11-17/h6-12H,3-5H2,1-2H3,(H,21,22)/b18-12+. The average Bonchev–Trinajstić information content (AvgIpc) is 2.49. The first-order valence-electron chi connectivity index (χ1n) is 7.69.